The average molecular weight is 873 g/mol. The summed E-state index contributed by atoms with van der Waals surface area (Å²) in [4.78, 5) is 47.4. The number of nitrogens with one attached hydrogen (secondary N) is 2. The maximum absolute atomic E-state index is 13.8. The molecule has 2 atom stereocenters. The summed E-state index contributed by atoms with van der Waals surface area (Å²) >= 11 is 5.76. The van der Waals surface area contributed by atoms with E-state index >= 15 is 0 Å². The lowest BCUT2D eigenvalue weighted by Gasteiger charge is -2.44. The van der Waals surface area contributed by atoms with Gasteiger partial charge in [0.25, 0.3) is 5.91 Å². The predicted octanol–water partition coefficient (Wildman–Crippen LogP) is 5.88. The Bertz CT molecular complexity index is 2160. The number of hydrogen-bond acceptors (Lipinski definition) is 10. The summed E-state index contributed by atoms with van der Waals surface area (Å²) in [5.74, 6) is -0.154. The SMILES string of the molecule is C[C@@H]1CN(CCOC2CCC(N3C(=S)N(c4ccc(C#N)c(C(F)(F)F)c4)C(=O)C3(C)C)CC2)C[C@H](C)N1CCNc1cccc2c(N3CCC(=O)NC3=O)nn(C)c12.Cl. The largest absolute Gasteiger partial charge is 0.417 e. The van der Waals surface area contributed by atoms with Gasteiger partial charge in [0.05, 0.1) is 46.8 Å². The van der Waals surface area contributed by atoms with Crippen LogP contribution in [0.2, 0.25) is 0 Å². The first-order chi connectivity index (χ1) is 28.0. The molecule has 4 aliphatic rings. The molecule has 0 unspecified atom stereocenters. The topological polar surface area (TPSA) is 142 Å². The lowest BCUT2D eigenvalue weighted by molar-refractivity contribution is -0.137. The minimum atomic E-state index is -4.75. The van der Waals surface area contributed by atoms with Gasteiger partial charge in [-0.25, -0.2) is 4.79 Å². The zero-order valence-electron chi connectivity index (χ0n) is 34.4. The van der Waals surface area contributed by atoms with Crippen LogP contribution in [0.1, 0.15) is 70.9 Å². The van der Waals surface area contributed by atoms with Crippen molar-refractivity contribution >= 4 is 75.7 Å². The van der Waals surface area contributed by atoms with Crippen LogP contribution in [0.4, 0.5) is 35.2 Å². The van der Waals surface area contributed by atoms with Gasteiger partial charge in [-0.05, 0) is 95.9 Å². The molecule has 1 saturated carbocycles. The molecule has 2 aromatic carbocycles. The summed E-state index contributed by atoms with van der Waals surface area (Å²) in [6.45, 7) is 13.1. The van der Waals surface area contributed by atoms with Crippen molar-refractivity contribution in [1.82, 2.24) is 29.8 Å². The van der Waals surface area contributed by atoms with Crippen molar-refractivity contribution in [2.24, 2.45) is 7.05 Å². The van der Waals surface area contributed by atoms with E-state index in [4.69, 9.17) is 17.0 Å². The average Bonchev–Trinajstić information content (AvgIpc) is 3.60. The molecule has 0 radical (unpaired) electrons. The number of para-hydroxylation sites is 1. The molecule has 3 saturated heterocycles. The Morgan fingerprint density at radius 2 is 1.75 bits per heavy atom. The number of fused-ring (bicyclic) bond motifs is 1. The van der Waals surface area contributed by atoms with Gasteiger partial charge in [-0.1, -0.05) is 6.07 Å². The maximum atomic E-state index is 13.8. The fourth-order valence-electron chi connectivity index (χ4n) is 9.31. The van der Waals surface area contributed by atoms with Gasteiger partial charge in [-0.2, -0.15) is 23.5 Å². The monoisotopic (exact) mass is 872 g/mol. The van der Waals surface area contributed by atoms with Crippen molar-refractivity contribution in [3.63, 3.8) is 0 Å². The second-order valence-corrected chi connectivity index (χ2v) is 16.9. The van der Waals surface area contributed by atoms with Crippen LogP contribution >= 0.6 is 24.6 Å². The normalized spacial score (nSPS) is 24.1. The van der Waals surface area contributed by atoms with Crippen molar-refractivity contribution in [3.8, 4) is 6.07 Å². The molecule has 3 aliphatic heterocycles. The summed E-state index contributed by atoms with van der Waals surface area (Å²) < 4.78 is 49.4. The zero-order chi connectivity index (χ0) is 42.4. The molecule has 14 nitrogen and oxygen atoms in total. The van der Waals surface area contributed by atoms with E-state index in [-0.39, 0.29) is 54.2 Å². The van der Waals surface area contributed by atoms with Crippen LogP contribution in [0, 0.1) is 11.3 Å². The molecular formula is C41H52ClF3N10O4S. The van der Waals surface area contributed by atoms with E-state index in [1.807, 2.05) is 30.1 Å². The minimum absolute atomic E-state index is 0. The van der Waals surface area contributed by atoms with Gasteiger partial charge >= 0.3 is 12.2 Å². The number of carbonyl (C=O) groups excluding carboxylic acids is 3. The second-order valence-electron chi connectivity index (χ2n) is 16.5. The Balaban J connectivity index is 0.00000604. The van der Waals surface area contributed by atoms with Gasteiger partial charge in [0, 0.05) is 76.2 Å². The standard InChI is InChI=1S/C41H51F3N10O4S.ClH/c1-25-23-50(24-26(2)51(25)18-16-46-33-8-6-7-31-35(33)49(5)48-36(31)52-17-15-34(55)47-38(52)57)19-20-58-30-13-11-28(12-14-30)54-39(59)53(37(56)40(54,3)4)29-10-9-27(22-45)32(21-29)41(42,43)44;/h6-10,21,25-26,28,30,46H,11-20,23-24H2,1-5H3,(H,47,55,57);1H/t25-,26+,28?,30?;. The number of imide groups is 1. The van der Waals surface area contributed by atoms with E-state index in [0.717, 1.165) is 87.1 Å². The van der Waals surface area contributed by atoms with Crippen LogP contribution in [-0.4, -0.2) is 123 Å². The van der Waals surface area contributed by atoms with Crippen LogP contribution in [0.5, 0.6) is 0 Å². The molecule has 4 heterocycles. The summed E-state index contributed by atoms with van der Waals surface area (Å²) in [6.07, 6.45) is -1.45. The number of aromatic nitrogens is 2. The lowest BCUT2D eigenvalue weighted by Crippen LogP contribution is -2.58. The number of rotatable bonds is 11. The highest BCUT2D eigenvalue weighted by molar-refractivity contribution is 7.80. The Morgan fingerprint density at radius 3 is 2.40 bits per heavy atom. The van der Waals surface area contributed by atoms with E-state index < -0.39 is 34.8 Å². The molecule has 7 rings (SSSR count). The van der Waals surface area contributed by atoms with Crippen LogP contribution in [-0.2, 0) is 27.5 Å². The highest BCUT2D eigenvalue weighted by Gasteiger charge is 2.52. The highest BCUT2D eigenvalue weighted by atomic mass is 35.5. The maximum Gasteiger partial charge on any atom is 0.417 e. The molecule has 324 valence electrons. The number of piperazine rings is 1. The highest BCUT2D eigenvalue weighted by Crippen LogP contribution is 2.41. The molecule has 4 fully saturated rings. The number of thiocarbonyl (C=S) groups is 1. The second kappa shape index (κ2) is 17.8. The predicted molar refractivity (Wildman–Crippen MR) is 228 cm³/mol. The number of ether oxygens (including phenoxy) is 1. The Labute approximate surface area is 359 Å². The van der Waals surface area contributed by atoms with Crippen LogP contribution < -0.4 is 20.4 Å². The summed E-state index contributed by atoms with van der Waals surface area (Å²) in [5, 5.41) is 20.9. The Kier molecular flexibility index (Phi) is 13.4. The quantitative estimate of drug-likeness (QED) is 0.223. The fourth-order valence-corrected chi connectivity index (χ4v) is 9.87. The number of carbonyl (C=O) groups is 3. The number of hydrogen-bond donors (Lipinski definition) is 2. The molecule has 60 heavy (non-hydrogen) atoms. The van der Waals surface area contributed by atoms with E-state index in [1.165, 1.54) is 15.9 Å². The van der Waals surface area contributed by atoms with Gasteiger partial charge in [0.15, 0.2) is 10.9 Å². The smallest absolute Gasteiger partial charge is 0.382 e. The van der Waals surface area contributed by atoms with Crippen molar-refractivity contribution in [2.75, 3.05) is 61.0 Å². The third kappa shape index (κ3) is 8.78. The van der Waals surface area contributed by atoms with Gasteiger partial charge in [-0.15, -0.1) is 12.4 Å². The van der Waals surface area contributed by atoms with Crippen molar-refractivity contribution in [1.29, 1.82) is 5.26 Å². The molecule has 2 N–H and O–H groups in total. The number of anilines is 3. The van der Waals surface area contributed by atoms with E-state index in [0.29, 0.717) is 24.5 Å². The number of nitrogens with zero attached hydrogens (tertiary/aromatic N) is 8. The summed E-state index contributed by atoms with van der Waals surface area (Å²) in [5.41, 5.74) is -0.841. The first kappa shape index (κ1) is 45.0. The molecular weight excluding hydrogens is 821 g/mol. The molecule has 1 aromatic heterocycles. The van der Waals surface area contributed by atoms with E-state index in [9.17, 15) is 32.8 Å². The lowest BCUT2D eigenvalue weighted by atomic mass is 9.89. The van der Waals surface area contributed by atoms with Crippen LogP contribution in [0.15, 0.2) is 36.4 Å². The van der Waals surface area contributed by atoms with Crippen LogP contribution in [0.3, 0.4) is 0 Å². The molecule has 0 spiro atoms. The number of halogens is 4. The van der Waals surface area contributed by atoms with Gasteiger partial charge in [0.2, 0.25) is 5.91 Å². The Morgan fingerprint density at radius 1 is 1.05 bits per heavy atom. The minimum Gasteiger partial charge on any atom is -0.382 e. The number of benzene rings is 2. The first-order valence-electron chi connectivity index (χ1n) is 20.2. The van der Waals surface area contributed by atoms with Crippen LogP contribution in [0.25, 0.3) is 10.9 Å². The van der Waals surface area contributed by atoms with Gasteiger partial charge in [0.1, 0.15) is 5.54 Å². The third-order valence-electron chi connectivity index (χ3n) is 12.2. The first-order valence-corrected chi connectivity index (χ1v) is 20.6. The fraction of sp³-hybridized carbons (Fsp3) is 0.561. The number of nitriles is 1. The van der Waals surface area contributed by atoms with Gasteiger partial charge in [-0.3, -0.25) is 39.2 Å². The third-order valence-corrected chi connectivity index (χ3v) is 12.6. The molecule has 1 aliphatic carbocycles. The molecule has 19 heteroatoms. The van der Waals surface area contributed by atoms with E-state index in [1.54, 1.807) is 24.6 Å². The van der Waals surface area contributed by atoms with Gasteiger partial charge < -0.3 is 15.0 Å². The number of alkyl halides is 3. The summed E-state index contributed by atoms with van der Waals surface area (Å²) in [7, 11) is 1.85. The molecule has 4 amide bonds. The van der Waals surface area contributed by atoms with E-state index in [2.05, 4.69) is 39.4 Å². The van der Waals surface area contributed by atoms with Crippen molar-refractivity contribution in [3.05, 3.63) is 47.5 Å². The zero-order valence-corrected chi connectivity index (χ0v) is 36.1. The number of amides is 4. The Hall–Kier alpha value is -4.54. The van der Waals surface area contributed by atoms with Crippen molar-refractivity contribution < 1.29 is 32.3 Å². The number of aryl methyl sites for hydroxylation is 1. The summed E-state index contributed by atoms with van der Waals surface area (Å²) in [6, 6.07) is 10.9. The number of urea groups is 1. The molecule has 0 bridgehead atoms. The molecule has 3 aromatic rings. The van der Waals surface area contributed by atoms with Crippen molar-refractivity contribution in [2.45, 2.75) is 95.7 Å².